The zero-order valence-electron chi connectivity index (χ0n) is 16.4. The third-order valence-electron chi connectivity index (χ3n) is 5.61. The summed E-state index contributed by atoms with van der Waals surface area (Å²) in [6.45, 7) is 4.72. The first-order valence-electron chi connectivity index (χ1n) is 9.99. The van der Waals surface area contributed by atoms with Crippen molar-refractivity contribution >= 4 is 11.8 Å². The zero-order valence-corrected chi connectivity index (χ0v) is 16.4. The normalized spacial score (nSPS) is 21.3. The molecule has 1 heterocycles. The molecular weight excluding hydrogens is 342 g/mol. The molecule has 1 aromatic rings. The van der Waals surface area contributed by atoms with Gasteiger partial charge in [-0.05, 0) is 62.8 Å². The van der Waals surface area contributed by atoms with E-state index in [-0.39, 0.29) is 23.8 Å². The van der Waals surface area contributed by atoms with Gasteiger partial charge >= 0.3 is 0 Å². The number of hydrogen-bond donors (Lipinski definition) is 2. The van der Waals surface area contributed by atoms with Crippen LogP contribution >= 0.6 is 0 Å². The number of benzene rings is 1. The van der Waals surface area contributed by atoms with Gasteiger partial charge < -0.3 is 15.4 Å². The van der Waals surface area contributed by atoms with E-state index in [1.54, 1.807) is 7.11 Å². The first-order valence-corrected chi connectivity index (χ1v) is 9.99. The number of likely N-dealkylation sites (tertiary alicyclic amines) is 1. The Kier molecular flexibility index (Phi) is 6.72. The maximum absolute atomic E-state index is 12.6. The van der Waals surface area contributed by atoms with Crippen molar-refractivity contribution in [3.8, 4) is 5.75 Å². The van der Waals surface area contributed by atoms with Gasteiger partial charge in [0.25, 0.3) is 0 Å². The molecule has 0 spiro atoms. The molecule has 148 valence electrons. The van der Waals surface area contributed by atoms with Crippen LogP contribution in [0, 0.1) is 11.8 Å². The van der Waals surface area contributed by atoms with Gasteiger partial charge in [-0.2, -0.15) is 0 Å². The number of piperidine rings is 1. The third kappa shape index (κ3) is 5.70. The predicted octanol–water partition coefficient (Wildman–Crippen LogP) is 1.94. The highest BCUT2D eigenvalue weighted by Gasteiger charge is 2.31. The van der Waals surface area contributed by atoms with Gasteiger partial charge in [0.15, 0.2) is 0 Å². The Morgan fingerprint density at radius 3 is 2.81 bits per heavy atom. The Bertz CT molecular complexity index is 660. The Morgan fingerprint density at radius 1 is 1.26 bits per heavy atom. The van der Waals surface area contributed by atoms with Crippen LogP contribution in [0.3, 0.4) is 0 Å². The van der Waals surface area contributed by atoms with Crippen molar-refractivity contribution in [3.63, 3.8) is 0 Å². The van der Waals surface area contributed by atoms with Gasteiger partial charge in [0, 0.05) is 19.6 Å². The number of nitrogens with zero attached hydrogens (tertiary/aromatic N) is 1. The van der Waals surface area contributed by atoms with E-state index in [1.165, 1.54) is 12.8 Å². The second-order valence-corrected chi connectivity index (χ2v) is 7.77. The lowest BCUT2D eigenvalue weighted by atomic mass is 9.95. The summed E-state index contributed by atoms with van der Waals surface area (Å²) in [6.07, 6.45) is 4.34. The molecule has 2 aliphatic rings. The van der Waals surface area contributed by atoms with Crippen LogP contribution < -0.4 is 15.4 Å². The van der Waals surface area contributed by atoms with Crippen LogP contribution in [0.25, 0.3) is 0 Å². The number of hydrogen-bond acceptors (Lipinski definition) is 4. The molecule has 1 aliphatic carbocycles. The fourth-order valence-corrected chi connectivity index (χ4v) is 3.57. The third-order valence-corrected chi connectivity index (χ3v) is 5.61. The largest absolute Gasteiger partial charge is 0.497 e. The summed E-state index contributed by atoms with van der Waals surface area (Å²) in [7, 11) is 1.63. The summed E-state index contributed by atoms with van der Waals surface area (Å²) < 4.78 is 5.22. The Morgan fingerprint density at radius 2 is 2.07 bits per heavy atom. The standard InChI is InChI=1S/C21H31N3O3/c1-15(20(25)22-13-17-5-3-7-19(11-17)27-2)24-10-4-6-18(14-24)21(26)23-12-16-8-9-16/h3,5,7,11,15-16,18H,4,6,8-10,12-14H2,1-2H3,(H,22,25)(H,23,26). The minimum absolute atomic E-state index is 0.00291. The summed E-state index contributed by atoms with van der Waals surface area (Å²) in [5.74, 6) is 1.61. The number of rotatable bonds is 8. The molecule has 0 bridgehead atoms. The van der Waals surface area contributed by atoms with Crippen LogP contribution in [0.5, 0.6) is 5.75 Å². The fourth-order valence-electron chi connectivity index (χ4n) is 3.57. The average Bonchev–Trinajstić information content (AvgIpc) is 3.54. The molecule has 0 radical (unpaired) electrons. The topological polar surface area (TPSA) is 70.7 Å². The molecule has 2 atom stereocenters. The highest BCUT2D eigenvalue weighted by atomic mass is 16.5. The van der Waals surface area contributed by atoms with Gasteiger partial charge in [-0.1, -0.05) is 12.1 Å². The van der Waals surface area contributed by atoms with Crippen molar-refractivity contribution in [2.24, 2.45) is 11.8 Å². The van der Waals surface area contributed by atoms with E-state index in [9.17, 15) is 9.59 Å². The second kappa shape index (κ2) is 9.22. The minimum atomic E-state index is -0.241. The van der Waals surface area contributed by atoms with Gasteiger partial charge in [-0.3, -0.25) is 14.5 Å². The first kappa shape index (κ1) is 19.7. The fraction of sp³-hybridized carbons (Fsp3) is 0.619. The highest BCUT2D eigenvalue weighted by Crippen LogP contribution is 2.28. The molecule has 6 heteroatoms. The maximum Gasteiger partial charge on any atom is 0.237 e. The first-order chi connectivity index (χ1) is 13.1. The summed E-state index contributed by atoms with van der Waals surface area (Å²) in [4.78, 5) is 27.1. The highest BCUT2D eigenvalue weighted by molar-refractivity contribution is 5.82. The molecule has 2 N–H and O–H groups in total. The van der Waals surface area contributed by atoms with E-state index in [4.69, 9.17) is 4.74 Å². The SMILES string of the molecule is COc1cccc(CNC(=O)C(C)N2CCCC(C(=O)NCC3CC3)C2)c1. The van der Waals surface area contributed by atoms with Crippen LogP contribution in [0.15, 0.2) is 24.3 Å². The number of carbonyl (C=O) groups is 2. The van der Waals surface area contributed by atoms with E-state index in [0.717, 1.165) is 37.2 Å². The summed E-state index contributed by atoms with van der Waals surface area (Å²) in [6, 6.07) is 7.45. The van der Waals surface area contributed by atoms with E-state index in [0.29, 0.717) is 19.0 Å². The number of methoxy groups -OCH3 is 1. The van der Waals surface area contributed by atoms with Gasteiger partial charge in [0.2, 0.25) is 11.8 Å². The van der Waals surface area contributed by atoms with Crippen molar-refractivity contribution in [2.45, 2.75) is 45.2 Å². The molecular formula is C21H31N3O3. The van der Waals surface area contributed by atoms with Crippen LogP contribution in [0.4, 0.5) is 0 Å². The van der Waals surface area contributed by atoms with Crippen LogP contribution in [-0.4, -0.2) is 49.5 Å². The summed E-state index contributed by atoms with van der Waals surface area (Å²) in [5, 5.41) is 6.09. The molecule has 27 heavy (non-hydrogen) atoms. The Balaban J connectivity index is 1.47. The van der Waals surface area contributed by atoms with Crippen molar-refractivity contribution in [1.29, 1.82) is 0 Å². The van der Waals surface area contributed by atoms with E-state index >= 15 is 0 Å². The van der Waals surface area contributed by atoms with Gasteiger partial charge in [-0.15, -0.1) is 0 Å². The molecule has 2 fully saturated rings. The van der Waals surface area contributed by atoms with Crippen molar-refractivity contribution in [2.75, 3.05) is 26.7 Å². The molecule has 1 aromatic carbocycles. The second-order valence-electron chi connectivity index (χ2n) is 7.77. The number of nitrogens with one attached hydrogen (secondary N) is 2. The molecule has 1 aliphatic heterocycles. The summed E-state index contributed by atoms with van der Waals surface area (Å²) in [5.41, 5.74) is 1.01. The van der Waals surface area contributed by atoms with Crippen molar-refractivity contribution < 1.29 is 14.3 Å². The monoisotopic (exact) mass is 373 g/mol. The van der Waals surface area contributed by atoms with E-state index < -0.39 is 0 Å². The maximum atomic E-state index is 12.6. The summed E-state index contributed by atoms with van der Waals surface area (Å²) >= 11 is 0. The lowest BCUT2D eigenvalue weighted by Crippen LogP contribution is -2.51. The van der Waals surface area contributed by atoms with Gasteiger partial charge in [0.1, 0.15) is 5.75 Å². The Labute approximate surface area is 161 Å². The molecule has 1 saturated carbocycles. The predicted molar refractivity (Wildman–Crippen MR) is 104 cm³/mol. The molecule has 2 unspecified atom stereocenters. The number of amides is 2. The zero-order chi connectivity index (χ0) is 19.2. The lowest BCUT2D eigenvalue weighted by Gasteiger charge is -2.35. The number of carbonyl (C=O) groups excluding carboxylic acids is 2. The van der Waals surface area contributed by atoms with Gasteiger partial charge in [-0.25, -0.2) is 0 Å². The van der Waals surface area contributed by atoms with E-state index in [2.05, 4.69) is 15.5 Å². The van der Waals surface area contributed by atoms with E-state index in [1.807, 2.05) is 31.2 Å². The van der Waals surface area contributed by atoms with Crippen molar-refractivity contribution in [1.82, 2.24) is 15.5 Å². The lowest BCUT2D eigenvalue weighted by molar-refractivity contribution is -0.131. The van der Waals surface area contributed by atoms with Crippen molar-refractivity contribution in [3.05, 3.63) is 29.8 Å². The smallest absolute Gasteiger partial charge is 0.237 e. The molecule has 2 amide bonds. The van der Waals surface area contributed by atoms with Crippen LogP contribution in [0.1, 0.15) is 38.2 Å². The van der Waals surface area contributed by atoms with Gasteiger partial charge in [0.05, 0.1) is 19.1 Å². The minimum Gasteiger partial charge on any atom is -0.497 e. The molecule has 3 rings (SSSR count). The molecule has 1 saturated heterocycles. The molecule has 0 aromatic heterocycles. The average molecular weight is 373 g/mol. The Hall–Kier alpha value is -2.08. The van der Waals surface area contributed by atoms with Crippen LogP contribution in [0.2, 0.25) is 0 Å². The number of ether oxygens (including phenoxy) is 1. The van der Waals surface area contributed by atoms with Crippen LogP contribution in [-0.2, 0) is 16.1 Å². The quantitative estimate of drug-likeness (QED) is 0.731. The molecule has 6 nitrogen and oxygen atoms in total.